The van der Waals surface area contributed by atoms with Crippen molar-refractivity contribution in [1.82, 2.24) is 20.2 Å². The van der Waals surface area contributed by atoms with Crippen LogP contribution in [-0.4, -0.2) is 69.2 Å². The van der Waals surface area contributed by atoms with Gasteiger partial charge in [0.2, 0.25) is 5.91 Å². The van der Waals surface area contributed by atoms with Gasteiger partial charge in [0.05, 0.1) is 10.3 Å². The van der Waals surface area contributed by atoms with E-state index in [1.165, 1.54) is 11.3 Å². The number of nitrogens with one attached hydrogen (secondary N) is 1. The number of aromatic nitrogens is 2. The first kappa shape index (κ1) is 24.0. The van der Waals surface area contributed by atoms with Gasteiger partial charge in [-0.15, -0.1) is 22.9 Å². The van der Waals surface area contributed by atoms with E-state index in [-0.39, 0.29) is 36.7 Å². The molecule has 2 amide bonds. The highest BCUT2D eigenvalue weighted by molar-refractivity contribution is 7.17. The number of fused-ring (bicyclic) bond motifs is 1. The van der Waals surface area contributed by atoms with Crippen molar-refractivity contribution in [2.75, 3.05) is 13.2 Å². The number of amides is 2. The van der Waals surface area contributed by atoms with Gasteiger partial charge in [0, 0.05) is 35.3 Å². The van der Waals surface area contributed by atoms with Crippen LogP contribution in [-0.2, 0) is 14.3 Å². The Morgan fingerprint density at radius 1 is 1.11 bits per heavy atom. The van der Waals surface area contributed by atoms with E-state index in [1.54, 1.807) is 11.0 Å². The molecule has 2 aromatic heterocycles. The fraction of sp³-hybridized carbons (Fsp3) is 0.577. The van der Waals surface area contributed by atoms with Gasteiger partial charge in [-0.25, -0.2) is 9.97 Å². The number of hydrogen-bond acceptors (Lipinski definition) is 7. The smallest absolute Gasteiger partial charge is 0.262 e. The second-order valence-corrected chi connectivity index (χ2v) is 12.0. The number of thiophene rings is 1. The van der Waals surface area contributed by atoms with E-state index < -0.39 is 23.6 Å². The predicted octanol–water partition coefficient (Wildman–Crippen LogP) is 3.55. The Morgan fingerprint density at radius 2 is 1.86 bits per heavy atom. The molecule has 4 fully saturated rings. The number of ether oxygens (including phenoxy) is 1. The Morgan fingerprint density at radius 3 is 2.58 bits per heavy atom. The summed E-state index contributed by atoms with van der Waals surface area (Å²) < 4.78 is 5.55. The molecule has 0 radical (unpaired) electrons. The quantitative estimate of drug-likeness (QED) is 0.575. The molecule has 0 spiro atoms. The van der Waals surface area contributed by atoms with Crippen molar-refractivity contribution in [3.63, 3.8) is 0 Å². The van der Waals surface area contributed by atoms with Gasteiger partial charge in [0.25, 0.3) is 5.91 Å². The van der Waals surface area contributed by atoms with E-state index in [9.17, 15) is 14.4 Å². The number of likely N-dealkylation sites (tertiary alicyclic amines) is 1. The summed E-state index contributed by atoms with van der Waals surface area (Å²) in [6, 6.07) is 2.32. The lowest BCUT2D eigenvalue weighted by Gasteiger charge is -2.34. The van der Waals surface area contributed by atoms with Crippen LogP contribution in [0, 0.1) is 5.92 Å². The average molecular weight is 529 g/mol. The molecule has 6 rings (SSSR count). The highest BCUT2D eigenvalue weighted by atomic mass is 35.5. The van der Waals surface area contributed by atoms with Crippen molar-refractivity contribution >= 4 is 40.5 Å². The maximum Gasteiger partial charge on any atom is 0.262 e. The van der Waals surface area contributed by atoms with Crippen LogP contribution < -0.4 is 5.32 Å². The van der Waals surface area contributed by atoms with E-state index >= 15 is 0 Å². The van der Waals surface area contributed by atoms with Crippen molar-refractivity contribution in [3.8, 4) is 10.4 Å². The molecule has 2 saturated heterocycles. The highest BCUT2D eigenvalue weighted by Crippen LogP contribution is 2.38. The highest BCUT2D eigenvalue weighted by Gasteiger charge is 2.53. The first-order chi connectivity index (χ1) is 17.5. The number of hydrogen-bond donors (Lipinski definition) is 1. The standard InChI is InChI=1S/C26H29ClN4O4S/c27-17-12-31(22-18(32)13-35-23(17)22)26(34)21(14-4-2-1-3-5-14)30-25(33)20-9-8-19(36-20)16-10-28-24(29-11-16)15-6-7-15/h8-11,14-15,17,21-23H,1-7,12-13H2,(H,30,33)/t17-,21-,22+,23+/m0/s1. The van der Waals surface area contributed by atoms with Crippen molar-refractivity contribution in [3.05, 3.63) is 35.2 Å². The Bertz CT molecular complexity index is 1160. The summed E-state index contributed by atoms with van der Waals surface area (Å²) in [5.41, 5.74) is 0.874. The zero-order valence-corrected chi connectivity index (χ0v) is 21.5. The third-order valence-corrected chi connectivity index (χ3v) is 9.33. The molecule has 0 aromatic carbocycles. The van der Waals surface area contributed by atoms with Gasteiger partial charge in [0.1, 0.15) is 30.6 Å². The molecule has 4 aliphatic rings. The topological polar surface area (TPSA) is 101 Å². The Kier molecular flexibility index (Phi) is 6.56. The van der Waals surface area contributed by atoms with Gasteiger partial charge in [-0.05, 0) is 43.7 Å². The molecular formula is C26H29ClN4O4S. The van der Waals surface area contributed by atoms with Crippen LogP contribution in [0.4, 0.5) is 0 Å². The molecule has 10 heteroatoms. The molecule has 1 N–H and O–H groups in total. The van der Waals surface area contributed by atoms with E-state index in [0.29, 0.717) is 10.8 Å². The molecule has 0 bridgehead atoms. The van der Waals surface area contributed by atoms with Crippen molar-refractivity contribution in [2.45, 2.75) is 74.4 Å². The van der Waals surface area contributed by atoms with Crippen LogP contribution in [0.25, 0.3) is 10.4 Å². The first-order valence-corrected chi connectivity index (χ1v) is 14.1. The van der Waals surface area contributed by atoms with Crippen LogP contribution >= 0.6 is 22.9 Å². The van der Waals surface area contributed by atoms with Crippen LogP contribution in [0.2, 0.25) is 0 Å². The Hall–Kier alpha value is -2.36. The molecule has 2 aliphatic heterocycles. The minimum atomic E-state index is -0.694. The van der Waals surface area contributed by atoms with Crippen LogP contribution in [0.1, 0.15) is 66.4 Å². The maximum atomic E-state index is 13.8. The van der Waals surface area contributed by atoms with Crippen LogP contribution in [0.15, 0.2) is 24.5 Å². The Balaban J connectivity index is 1.20. The summed E-state index contributed by atoms with van der Waals surface area (Å²) in [6.45, 7) is 0.229. The van der Waals surface area contributed by atoms with Crippen LogP contribution in [0.3, 0.4) is 0 Å². The molecular weight excluding hydrogens is 500 g/mol. The largest absolute Gasteiger partial charge is 0.366 e. The summed E-state index contributed by atoms with van der Waals surface area (Å²) in [7, 11) is 0. The third-order valence-electron chi connectivity index (χ3n) is 7.81. The fourth-order valence-corrected chi connectivity index (χ4v) is 6.94. The maximum absolute atomic E-state index is 13.8. The fourth-order valence-electron chi connectivity index (χ4n) is 5.70. The number of rotatable bonds is 6. The summed E-state index contributed by atoms with van der Waals surface area (Å²) >= 11 is 7.79. The van der Waals surface area contributed by atoms with Gasteiger partial charge in [-0.2, -0.15) is 0 Å². The molecule has 2 aromatic rings. The minimum Gasteiger partial charge on any atom is -0.366 e. The SMILES string of the molecule is O=C(N[C@H](C(=O)N1C[C@H](Cl)[C@H]2OCC(=O)[C@H]21)C1CCCCC1)c1ccc(-c2cnc(C3CC3)nc2)s1. The summed E-state index contributed by atoms with van der Waals surface area (Å²) in [5.74, 6) is 0.776. The zero-order chi connectivity index (χ0) is 24.8. The van der Waals surface area contributed by atoms with Gasteiger partial charge >= 0.3 is 0 Å². The molecule has 4 atom stereocenters. The van der Waals surface area contributed by atoms with E-state index in [2.05, 4.69) is 15.3 Å². The third kappa shape index (κ3) is 4.57. The number of carbonyl (C=O) groups excluding carboxylic acids is 3. The number of halogens is 1. The van der Waals surface area contributed by atoms with E-state index in [4.69, 9.17) is 16.3 Å². The second-order valence-electron chi connectivity index (χ2n) is 10.3. The summed E-state index contributed by atoms with van der Waals surface area (Å²) in [6.07, 6.45) is 10.4. The van der Waals surface area contributed by atoms with Crippen LogP contribution in [0.5, 0.6) is 0 Å². The summed E-state index contributed by atoms with van der Waals surface area (Å²) in [5, 5.41) is 2.61. The zero-order valence-electron chi connectivity index (χ0n) is 19.9. The monoisotopic (exact) mass is 528 g/mol. The molecule has 4 heterocycles. The Labute approximate surface area is 218 Å². The van der Waals surface area contributed by atoms with E-state index in [0.717, 1.165) is 61.2 Å². The lowest BCUT2D eigenvalue weighted by molar-refractivity contribution is -0.139. The molecule has 2 saturated carbocycles. The van der Waals surface area contributed by atoms with Gasteiger partial charge in [0.15, 0.2) is 5.78 Å². The molecule has 8 nitrogen and oxygen atoms in total. The lowest BCUT2D eigenvalue weighted by Crippen LogP contribution is -2.55. The molecule has 2 aliphatic carbocycles. The summed E-state index contributed by atoms with van der Waals surface area (Å²) in [4.78, 5) is 51.6. The van der Waals surface area contributed by atoms with Crippen molar-refractivity contribution < 1.29 is 19.1 Å². The normalized spacial score (nSPS) is 27.2. The molecule has 190 valence electrons. The van der Waals surface area contributed by atoms with Gasteiger partial charge < -0.3 is 15.0 Å². The molecule has 36 heavy (non-hydrogen) atoms. The van der Waals surface area contributed by atoms with Crippen molar-refractivity contribution in [2.24, 2.45) is 5.92 Å². The lowest BCUT2D eigenvalue weighted by atomic mass is 9.83. The first-order valence-electron chi connectivity index (χ1n) is 12.8. The molecule has 0 unspecified atom stereocenters. The van der Waals surface area contributed by atoms with Gasteiger partial charge in [-0.3, -0.25) is 14.4 Å². The predicted molar refractivity (Wildman–Crippen MR) is 135 cm³/mol. The number of alkyl halides is 1. The van der Waals surface area contributed by atoms with Crippen molar-refractivity contribution in [1.29, 1.82) is 0 Å². The number of ketones is 1. The number of Topliss-reactive ketones (excluding diaryl/α,β-unsaturated/α-hetero) is 1. The minimum absolute atomic E-state index is 0.0217. The van der Waals surface area contributed by atoms with E-state index in [1.807, 2.05) is 18.5 Å². The number of nitrogens with zero attached hydrogens (tertiary/aromatic N) is 3. The van der Waals surface area contributed by atoms with Gasteiger partial charge in [-0.1, -0.05) is 19.3 Å². The average Bonchev–Trinajstić information content (AvgIpc) is 3.35. The second kappa shape index (κ2) is 9.84. The number of carbonyl (C=O) groups is 3.